The highest BCUT2D eigenvalue weighted by atomic mass is 19.1. The topological polar surface area (TPSA) is 0 Å². The van der Waals surface area contributed by atoms with Crippen LogP contribution in [0.15, 0.2) is 72.8 Å². The van der Waals surface area contributed by atoms with Crippen molar-refractivity contribution in [2.24, 2.45) is 5.92 Å². The van der Waals surface area contributed by atoms with E-state index in [1.807, 2.05) is 18.2 Å². The van der Waals surface area contributed by atoms with Crippen LogP contribution in [-0.4, -0.2) is 0 Å². The highest BCUT2D eigenvalue weighted by Crippen LogP contribution is 2.38. The van der Waals surface area contributed by atoms with Crippen molar-refractivity contribution in [1.29, 1.82) is 0 Å². The van der Waals surface area contributed by atoms with Gasteiger partial charge in [-0.3, -0.25) is 0 Å². The molecule has 1 fully saturated rings. The lowest BCUT2D eigenvalue weighted by Crippen LogP contribution is -2.13. The molecule has 1 aliphatic carbocycles. The van der Waals surface area contributed by atoms with Crippen molar-refractivity contribution in [2.45, 2.75) is 70.6 Å². The molecule has 3 aromatic carbocycles. The summed E-state index contributed by atoms with van der Waals surface area (Å²) in [4.78, 5) is 0. The molecule has 0 nitrogen and oxygen atoms in total. The van der Waals surface area contributed by atoms with Gasteiger partial charge in [0, 0.05) is 5.56 Å². The maximum absolute atomic E-state index is 14.8. The molecule has 0 heterocycles. The Kier molecular flexibility index (Phi) is 8.15. The molecule has 0 aromatic heterocycles. The third-order valence-corrected chi connectivity index (χ3v) is 7.39. The van der Waals surface area contributed by atoms with Crippen LogP contribution in [0.2, 0.25) is 0 Å². The van der Waals surface area contributed by atoms with Gasteiger partial charge in [0.25, 0.3) is 0 Å². The van der Waals surface area contributed by atoms with Crippen LogP contribution in [0.3, 0.4) is 0 Å². The Morgan fingerprint density at radius 1 is 0.879 bits per heavy atom. The zero-order valence-electron chi connectivity index (χ0n) is 20.1. The van der Waals surface area contributed by atoms with E-state index in [0.29, 0.717) is 17.4 Å². The Balaban J connectivity index is 1.35. The van der Waals surface area contributed by atoms with Crippen molar-refractivity contribution in [3.05, 3.63) is 106 Å². The first kappa shape index (κ1) is 23.5. The minimum absolute atomic E-state index is 0.104. The molecule has 0 saturated heterocycles. The Labute approximate surface area is 199 Å². The van der Waals surface area contributed by atoms with Crippen LogP contribution < -0.4 is 0 Å². The van der Waals surface area contributed by atoms with Gasteiger partial charge in [-0.05, 0) is 78.2 Å². The zero-order chi connectivity index (χ0) is 23.0. The normalized spacial score (nSPS) is 19.6. The molecule has 0 aliphatic heterocycles. The summed E-state index contributed by atoms with van der Waals surface area (Å²) in [7, 11) is 0. The van der Waals surface area contributed by atoms with Crippen LogP contribution in [0.5, 0.6) is 0 Å². The van der Waals surface area contributed by atoms with Crippen LogP contribution in [0.1, 0.15) is 92.0 Å². The second kappa shape index (κ2) is 11.5. The molecular formula is C32H37F. The molecule has 4 rings (SSSR count). The van der Waals surface area contributed by atoms with E-state index in [9.17, 15) is 4.39 Å². The van der Waals surface area contributed by atoms with Gasteiger partial charge in [0.1, 0.15) is 5.82 Å². The van der Waals surface area contributed by atoms with Gasteiger partial charge in [0.05, 0.1) is 0 Å². The average Bonchev–Trinajstić information content (AvgIpc) is 2.85. The molecule has 0 N–H and O–H groups in total. The lowest BCUT2D eigenvalue weighted by molar-refractivity contribution is 0.308. The summed E-state index contributed by atoms with van der Waals surface area (Å²) in [5, 5.41) is 0. The minimum Gasteiger partial charge on any atom is -0.206 e. The van der Waals surface area contributed by atoms with Crippen molar-refractivity contribution in [1.82, 2.24) is 0 Å². The first-order valence-corrected chi connectivity index (χ1v) is 12.7. The largest absolute Gasteiger partial charge is 0.206 e. The smallest absolute Gasteiger partial charge is 0.130 e. The van der Waals surface area contributed by atoms with Gasteiger partial charge >= 0.3 is 0 Å². The van der Waals surface area contributed by atoms with E-state index in [2.05, 4.69) is 74.5 Å². The Bertz CT molecular complexity index is 1020. The summed E-state index contributed by atoms with van der Waals surface area (Å²) in [5.41, 5.74) is 5.64. The van der Waals surface area contributed by atoms with E-state index in [0.717, 1.165) is 17.9 Å². The number of rotatable bonds is 8. The number of hydrogen-bond donors (Lipinski definition) is 0. The van der Waals surface area contributed by atoms with Crippen LogP contribution >= 0.6 is 0 Å². The highest BCUT2D eigenvalue weighted by molar-refractivity contribution is 5.70. The van der Waals surface area contributed by atoms with E-state index in [1.54, 1.807) is 6.07 Å². The van der Waals surface area contributed by atoms with Crippen molar-refractivity contribution < 1.29 is 4.39 Å². The molecule has 1 heteroatoms. The van der Waals surface area contributed by atoms with Gasteiger partial charge in [-0.2, -0.15) is 0 Å². The van der Waals surface area contributed by atoms with E-state index in [-0.39, 0.29) is 5.82 Å². The number of hydrogen-bond acceptors (Lipinski definition) is 0. The third kappa shape index (κ3) is 6.44. The Morgan fingerprint density at radius 3 is 2.27 bits per heavy atom. The fourth-order valence-corrected chi connectivity index (χ4v) is 5.33. The fraction of sp³-hybridized carbons (Fsp3) is 0.375. The van der Waals surface area contributed by atoms with E-state index >= 15 is 0 Å². The second-order valence-corrected chi connectivity index (χ2v) is 9.88. The quantitative estimate of drug-likeness (QED) is 0.306. The monoisotopic (exact) mass is 440 g/mol. The molecule has 1 unspecified atom stereocenters. The van der Waals surface area contributed by atoms with Crippen LogP contribution in [0, 0.1) is 11.7 Å². The molecule has 0 spiro atoms. The standard InChI is InChI=1S/C32H37F/c1-3-7-25-14-17-29(18-15-25)31-21-20-30(32(33)23-31)19-16-26-10-12-27(13-11-26)22-24(2)28-8-5-4-6-9-28/h4-6,8-13,16,19-21,23-25,29H,3,7,14-15,17-18,22H2,1-2H3/b19-16+. The van der Waals surface area contributed by atoms with Crippen LogP contribution in [0.4, 0.5) is 4.39 Å². The summed E-state index contributed by atoms with van der Waals surface area (Å²) in [6.07, 6.45) is 12.5. The average molecular weight is 441 g/mol. The molecule has 33 heavy (non-hydrogen) atoms. The molecule has 0 bridgehead atoms. The minimum atomic E-state index is -0.104. The van der Waals surface area contributed by atoms with Crippen molar-refractivity contribution in [2.75, 3.05) is 0 Å². The highest BCUT2D eigenvalue weighted by Gasteiger charge is 2.22. The lowest BCUT2D eigenvalue weighted by Gasteiger charge is -2.28. The number of benzene rings is 3. The summed E-state index contributed by atoms with van der Waals surface area (Å²) in [6, 6.07) is 25.2. The fourth-order valence-electron chi connectivity index (χ4n) is 5.33. The molecule has 0 radical (unpaired) electrons. The summed E-state index contributed by atoms with van der Waals surface area (Å²) in [5.74, 6) is 1.79. The molecule has 172 valence electrons. The molecule has 1 atom stereocenters. The first-order valence-electron chi connectivity index (χ1n) is 12.7. The SMILES string of the molecule is CCCC1CCC(c2ccc(/C=C/c3ccc(CC(C)c4ccccc4)cc3)c(F)c2)CC1. The maximum atomic E-state index is 14.8. The van der Waals surface area contributed by atoms with Gasteiger partial charge < -0.3 is 0 Å². The Hall–Kier alpha value is -2.67. The zero-order valence-corrected chi connectivity index (χ0v) is 20.1. The molecule has 0 amide bonds. The number of halogens is 1. The van der Waals surface area contributed by atoms with E-state index in [1.165, 1.54) is 55.2 Å². The van der Waals surface area contributed by atoms with Gasteiger partial charge in [-0.15, -0.1) is 0 Å². The van der Waals surface area contributed by atoms with Gasteiger partial charge in [-0.25, -0.2) is 4.39 Å². The van der Waals surface area contributed by atoms with E-state index < -0.39 is 0 Å². The maximum Gasteiger partial charge on any atom is 0.130 e. The molecule has 3 aromatic rings. The molecular weight excluding hydrogens is 403 g/mol. The predicted octanol–water partition coefficient (Wildman–Crippen LogP) is 9.42. The van der Waals surface area contributed by atoms with Crippen LogP contribution in [0.25, 0.3) is 12.2 Å². The second-order valence-electron chi connectivity index (χ2n) is 9.88. The van der Waals surface area contributed by atoms with Gasteiger partial charge in [0.15, 0.2) is 0 Å². The first-order chi connectivity index (χ1) is 16.1. The van der Waals surface area contributed by atoms with Crippen molar-refractivity contribution >= 4 is 12.2 Å². The van der Waals surface area contributed by atoms with Crippen molar-refractivity contribution in [3.8, 4) is 0 Å². The molecule has 1 aliphatic rings. The molecule has 1 saturated carbocycles. The summed E-state index contributed by atoms with van der Waals surface area (Å²) in [6.45, 7) is 4.54. The Morgan fingerprint density at radius 2 is 1.61 bits per heavy atom. The summed E-state index contributed by atoms with van der Waals surface area (Å²) >= 11 is 0. The van der Waals surface area contributed by atoms with Gasteiger partial charge in [-0.1, -0.05) is 106 Å². The van der Waals surface area contributed by atoms with Crippen molar-refractivity contribution in [3.63, 3.8) is 0 Å². The summed E-state index contributed by atoms with van der Waals surface area (Å²) < 4.78 is 14.8. The third-order valence-electron chi connectivity index (χ3n) is 7.39. The predicted molar refractivity (Wildman–Crippen MR) is 140 cm³/mol. The van der Waals surface area contributed by atoms with Crippen LogP contribution in [-0.2, 0) is 6.42 Å². The lowest BCUT2D eigenvalue weighted by atomic mass is 9.77. The van der Waals surface area contributed by atoms with Gasteiger partial charge in [0.2, 0.25) is 0 Å². The van der Waals surface area contributed by atoms with E-state index in [4.69, 9.17) is 0 Å².